The lowest BCUT2D eigenvalue weighted by molar-refractivity contribution is 0.0636. The lowest BCUT2D eigenvalue weighted by Crippen LogP contribution is -2.48. The zero-order valence-electron chi connectivity index (χ0n) is 11.1. The van der Waals surface area contributed by atoms with Crippen molar-refractivity contribution in [3.05, 3.63) is 35.9 Å². The van der Waals surface area contributed by atoms with Crippen LogP contribution in [0.15, 0.2) is 30.3 Å². The van der Waals surface area contributed by atoms with Crippen LogP contribution >= 0.6 is 0 Å². The Bertz CT molecular complexity index is 444. The molecule has 2 rings (SSSR count). The third-order valence-electron chi connectivity index (χ3n) is 3.44. The Hall–Kier alpha value is -1.86. The molecule has 0 unspecified atom stereocenters. The summed E-state index contributed by atoms with van der Waals surface area (Å²) in [5.41, 5.74) is 0.764. The summed E-state index contributed by atoms with van der Waals surface area (Å²) in [5, 5.41) is 8.52. The van der Waals surface area contributed by atoms with Crippen LogP contribution in [0.5, 0.6) is 0 Å². The number of carbonyl (C=O) groups excluding carboxylic acids is 1. The molecule has 1 heterocycles. The van der Waals surface area contributed by atoms with E-state index in [2.05, 4.69) is 11.0 Å². The van der Waals surface area contributed by atoms with Crippen LogP contribution in [0.1, 0.15) is 23.2 Å². The highest BCUT2D eigenvalue weighted by atomic mass is 16.2. The van der Waals surface area contributed by atoms with Gasteiger partial charge in [-0.25, -0.2) is 0 Å². The number of nitrogens with zero attached hydrogens (tertiary/aromatic N) is 3. The fraction of sp³-hybridized carbons (Fsp3) is 0.467. The maximum atomic E-state index is 12.2. The molecule has 0 spiro atoms. The molecule has 0 radical (unpaired) electrons. The quantitative estimate of drug-likeness (QED) is 0.772. The highest BCUT2D eigenvalue weighted by molar-refractivity contribution is 5.94. The highest BCUT2D eigenvalue weighted by Crippen LogP contribution is 2.09. The van der Waals surface area contributed by atoms with Crippen LogP contribution in [-0.4, -0.2) is 48.4 Å². The number of hydrogen-bond donors (Lipinski definition) is 0. The average Bonchev–Trinajstić information content (AvgIpc) is 2.48. The van der Waals surface area contributed by atoms with Gasteiger partial charge in [0.1, 0.15) is 0 Å². The van der Waals surface area contributed by atoms with Gasteiger partial charge in [0.25, 0.3) is 5.91 Å². The smallest absolute Gasteiger partial charge is 0.253 e. The number of rotatable bonds is 4. The molecule has 100 valence electrons. The van der Waals surface area contributed by atoms with Gasteiger partial charge in [0.05, 0.1) is 6.07 Å². The van der Waals surface area contributed by atoms with Gasteiger partial charge in [0, 0.05) is 38.2 Å². The summed E-state index contributed by atoms with van der Waals surface area (Å²) >= 11 is 0. The molecule has 1 aromatic carbocycles. The van der Waals surface area contributed by atoms with Crippen LogP contribution in [0, 0.1) is 11.3 Å². The second-order valence-corrected chi connectivity index (χ2v) is 4.76. The number of unbranched alkanes of at least 4 members (excludes halogenated alkanes) is 1. The topological polar surface area (TPSA) is 47.3 Å². The zero-order chi connectivity index (χ0) is 13.5. The van der Waals surface area contributed by atoms with E-state index in [1.54, 1.807) is 0 Å². The minimum Gasteiger partial charge on any atom is -0.336 e. The first kappa shape index (κ1) is 13.6. The fourth-order valence-electron chi connectivity index (χ4n) is 2.32. The van der Waals surface area contributed by atoms with E-state index >= 15 is 0 Å². The van der Waals surface area contributed by atoms with Crippen LogP contribution in [-0.2, 0) is 0 Å². The van der Waals surface area contributed by atoms with E-state index in [1.807, 2.05) is 35.2 Å². The lowest BCUT2D eigenvalue weighted by atomic mass is 10.2. The predicted molar refractivity (Wildman–Crippen MR) is 73.6 cm³/mol. The van der Waals surface area contributed by atoms with Gasteiger partial charge in [-0.2, -0.15) is 5.26 Å². The summed E-state index contributed by atoms with van der Waals surface area (Å²) < 4.78 is 0. The van der Waals surface area contributed by atoms with Crippen molar-refractivity contribution in [3.63, 3.8) is 0 Å². The van der Waals surface area contributed by atoms with Crippen molar-refractivity contribution in [1.82, 2.24) is 9.80 Å². The normalized spacial score (nSPS) is 16.1. The van der Waals surface area contributed by atoms with Crippen molar-refractivity contribution in [2.24, 2.45) is 0 Å². The number of nitriles is 1. The minimum atomic E-state index is 0.122. The molecule has 19 heavy (non-hydrogen) atoms. The van der Waals surface area contributed by atoms with Gasteiger partial charge in [0.2, 0.25) is 0 Å². The highest BCUT2D eigenvalue weighted by Gasteiger charge is 2.21. The van der Waals surface area contributed by atoms with Crippen molar-refractivity contribution < 1.29 is 4.79 Å². The Balaban J connectivity index is 1.80. The molecule has 1 aliphatic heterocycles. The molecule has 0 aliphatic carbocycles. The maximum absolute atomic E-state index is 12.2. The zero-order valence-corrected chi connectivity index (χ0v) is 11.1. The van der Waals surface area contributed by atoms with Gasteiger partial charge in [0.15, 0.2) is 0 Å². The van der Waals surface area contributed by atoms with Crippen molar-refractivity contribution in [2.45, 2.75) is 12.8 Å². The Labute approximate surface area is 114 Å². The molecule has 1 saturated heterocycles. The van der Waals surface area contributed by atoms with Gasteiger partial charge in [-0.1, -0.05) is 18.2 Å². The van der Waals surface area contributed by atoms with E-state index in [9.17, 15) is 4.79 Å². The fourth-order valence-corrected chi connectivity index (χ4v) is 2.32. The number of piperazine rings is 1. The average molecular weight is 257 g/mol. The van der Waals surface area contributed by atoms with Crippen LogP contribution in [0.25, 0.3) is 0 Å². The molecule has 4 nitrogen and oxygen atoms in total. The number of benzene rings is 1. The minimum absolute atomic E-state index is 0.122. The summed E-state index contributed by atoms with van der Waals surface area (Å²) in [6.07, 6.45) is 1.53. The van der Waals surface area contributed by atoms with Crippen LogP contribution in [0.2, 0.25) is 0 Å². The molecule has 4 heteroatoms. The molecule has 1 aromatic rings. The van der Waals surface area contributed by atoms with Crippen molar-refractivity contribution >= 4 is 5.91 Å². The van der Waals surface area contributed by atoms with Gasteiger partial charge < -0.3 is 4.90 Å². The summed E-state index contributed by atoms with van der Waals surface area (Å²) in [7, 11) is 0. The van der Waals surface area contributed by atoms with E-state index < -0.39 is 0 Å². The molecular formula is C15H19N3O. The van der Waals surface area contributed by atoms with Gasteiger partial charge in [-0.05, 0) is 25.1 Å². The Morgan fingerprint density at radius 1 is 1.16 bits per heavy atom. The summed E-state index contributed by atoms with van der Waals surface area (Å²) in [6, 6.07) is 11.6. The Morgan fingerprint density at radius 2 is 1.84 bits per heavy atom. The number of amides is 1. The molecule has 0 saturated carbocycles. The van der Waals surface area contributed by atoms with Crippen molar-refractivity contribution in [3.8, 4) is 6.07 Å². The summed E-state index contributed by atoms with van der Waals surface area (Å²) in [5.74, 6) is 0.122. The summed E-state index contributed by atoms with van der Waals surface area (Å²) in [4.78, 5) is 16.5. The number of hydrogen-bond acceptors (Lipinski definition) is 3. The molecular weight excluding hydrogens is 238 g/mol. The Kier molecular flexibility index (Phi) is 4.93. The van der Waals surface area contributed by atoms with Crippen LogP contribution < -0.4 is 0 Å². The van der Waals surface area contributed by atoms with Crippen LogP contribution in [0.3, 0.4) is 0 Å². The molecule has 0 bridgehead atoms. The standard InChI is InChI=1S/C15H19N3O/c16-8-4-5-9-17-10-12-18(13-11-17)15(19)14-6-2-1-3-7-14/h1-3,6-7H,4-5,9-13H2. The monoisotopic (exact) mass is 257 g/mol. The van der Waals surface area contributed by atoms with E-state index in [4.69, 9.17) is 5.26 Å². The van der Waals surface area contributed by atoms with E-state index in [1.165, 1.54) is 0 Å². The predicted octanol–water partition coefficient (Wildman–Crippen LogP) is 1.75. The first-order valence-electron chi connectivity index (χ1n) is 6.75. The van der Waals surface area contributed by atoms with Crippen LogP contribution in [0.4, 0.5) is 0 Å². The van der Waals surface area contributed by atoms with Gasteiger partial charge >= 0.3 is 0 Å². The Morgan fingerprint density at radius 3 is 2.47 bits per heavy atom. The molecule has 1 fully saturated rings. The second-order valence-electron chi connectivity index (χ2n) is 4.76. The molecule has 0 N–H and O–H groups in total. The first-order chi connectivity index (χ1) is 9.31. The third-order valence-corrected chi connectivity index (χ3v) is 3.44. The summed E-state index contributed by atoms with van der Waals surface area (Å²) in [6.45, 7) is 4.33. The SMILES string of the molecule is N#CCCCN1CCN(C(=O)c2ccccc2)CC1. The first-order valence-corrected chi connectivity index (χ1v) is 6.75. The van der Waals surface area contributed by atoms with Gasteiger partial charge in [-0.15, -0.1) is 0 Å². The third kappa shape index (κ3) is 3.80. The van der Waals surface area contributed by atoms with Crippen molar-refractivity contribution in [1.29, 1.82) is 5.26 Å². The lowest BCUT2D eigenvalue weighted by Gasteiger charge is -2.34. The molecule has 1 aliphatic rings. The maximum Gasteiger partial charge on any atom is 0.253 e. The largest absolute Gasteiger partial charge is 0.336 e. The number of carbonyl (C=O) groups is 1. The molecule has 0 aromatic heterocycles. The van der Waals surface area contributed by atoms with E-state index in [-0.39, 0.29) is 5.91 Å². The van der Waals surface area contributed by atoms with Gasteiger partial charge in [-0.3, -0.25) is 9.69 Å². The van der Waals surface area contributed by atoms with Crippen molar-refractivity contribution in [2.75, 3.05) is 32.7 Å². The van der Waals surface area contributed by atoms with E-state index in [0.29, 0.717) is 6.42 Å². The molecule has 0 atom stereocenters. The molecule has 1 amide bonds. The van der Waals surface area contributed by atoms with E-state index in [0.717, 1.165) is 44.7 Å². The second kappa shape index (κ2) is 6.91.